The highest BCUT2D eigenvalue weighted by atomic mass is 32.1. The normalized spacial score (nSPS) is 18.2. The highest BCUT2D eigenvalue weighted by Crippen LogP contribution is 2.22. The van der Waals surface area contributed by atoms with Crippen LogP contribution in [0.3, 0.4) is 0 Å². The molecule has 1 N–H and O–H groups in total. The Morgan fingerprint density at radius 1 is 1.17 bits per heavy atom. The van der Waals surface area contributed by atoms with E-state index >= 15 is 0 Å². The molecule has 18 heavy (non-hydrogen) atoms. The van der Waals surface area contributed by atoms with E-state index in [2.05, 4.69) is 41.4 Å². The molecule has 0 unspecified atom stereocenters. The third kappa shape index (κ3) is 3.23. The second kappa shape index (κ2) is 5.57. The summed E-state index contributed by atoms with van der Waals surface area (Å²) in [6, 6.07) is 0. The molecule has 1 aliphatic rings. The number of rotatable bonds is 3. The van der Waals surface area contributed by atoms with Crippen molar-refractivity contribution in [2.75, 3.05) is 19.6 Å². The number of aromatic amines is 1. The van der Waals surface area contributed by atoms with Gasteiger partial charge >= 0.3 is 0 Å². The maximum atomic E-state index is 5.40. The van der Waals surface area contributed by atoms with E-state index in [1.165, 1.54) is 38.0 Å². The summed E-state index contributed by atoms with van der Waals surface area (Å²) in [7, 11) is 0. The third-order valence-corrected chi connectivity index (χ3v) is 4.06. The summed E-state index contributed by atoms with van der Waals surface area (Å²) in [5.41, 5.74) is 1.46. The van der Waals surface area contributed by atoms with Gasteiger partial charge in [0, 0.05) is 30.4 Å². The molecule has 0 atom stereocenters. The number of imidazole rings is 1. The van der Waals surface area contributed by atoms with E-state index in [0.29, 0.717) is 0 Å². The number of nitrogens with one attached hydrogen (secondary N) is 1. The van der Waals surface area contributed by atoms with Crippen molar-refractivity contribution in [1.29, 1.82) is 0 Å². The van der Waals surface area contributed by atoms with E-state index in [9.17, 15) is 0 Å². The van der Waals surface area contributed by atoms with Gasteiger partial charge in [-0.1, -0.05) is 27.2 Å². The van der Waals surface area contributed by atoms with Crippen LogP contribution < -0.4 is 0 Å². The first-order chi connectivity index (χ1) is 8.48. The lowest BCUT2D eigenvalue weighted by molar-refractivity contribution is 0.219. The standard InChI is InChI=1S/C14H25N3S/c1-14(2,3)12-11-15-13(18)17(12)10-9-16-7-5-4-6-8-16/h11H,4-10H2,1-3H3,(H,15,18). The molecule has 2 rings (SSSR count). The van der Waals surface area contributed by atoms with Crippen molar-refractivity contribution in [3.05, 3.63) is 16.7 Å². The van der Waals surface area contributed by atoms with Crippen LogP contribution in [0.1, 0.15) is 45.7 Å². The molecular formula is C14H25N3S. The van der Waals surface area contributed by atoms with Gasteiger partial charge in [0.2, 0.25) is 0 Å². The zero-order valence-corrected chi connectivity index (χ0v) is 12.6. The molecule has 0 amide bonds. The van der Waals surface area contributed by atoms with Crippen LogP contribution in [0.25, 0.3) is 0 Å². The minimum absolute atomic E-state index is 0.148. The average Bonchev–Trinajstić information content (AvgIpc) is 2.69. The second-order valence-corrected chi connectivity index (χ2v) is 6.67. The van der Waals surface area contributed by atoms with Crippen molar-refractivity contribution in [3.8, 4) is 0 Å². The van der Waals surface area contributed by atoms with Crippen LogP contribution in [0.5, 0.6) is 0 Å². The summed E-state index contributed by atoms with van der Waals surface area (Å²) in [5, 5.41) is 0. The van der Waals surface area contributed by atoms with Gasteiger partial charge in [0.15, 0.2) is 4.77 Å². The molecule has 1 saturated heterocycles. The van der Waals surface area contributed by atoms with Crippen LogP contribution in [0.4, 0.5) is 0 Å². The Labute approximate surface area is 115 Å². The quantitative estimate of drug-likeness (QED) is 0.849. The van der Waals surface area contributed by atoms with E-state index in [0.717, 1.165) is 17.9 Å². The fraction of sp³-hybridized carbons (Fsp3) is 0.786. The maximum Gasteiger partial charge on any atom is 0.177 e. The van der Waals surface area contributed by atoms with Gasteiger partial charge in [-0.2, -0.15) is 0 Å². The van der Waals surface area contributed by atoms with Gasteiger partial charge < -0.3 is 14.5 Å². The molecule has 1 aliphatic heterocycles. The van der Waals surface area contributed by atoms with Gasteiger partial charge in [-0.3, -0.25) is 0 Å². The van der Waals surface area contributed by atoms with E-state index in [-0.39, 0.29) is 5.41 Å². The van der Waals surface area contributed by atoms with Crippen molar-refractivity contribution in [1.82, 2.24) is 14.5 Å². The summed E-state index contributed by atoms with van der Waals surface area (Å²) < 4.78 is 3.13. The zero-order chi connectivity index (χ0) is 13.2. The first kappa shape index (κ1) is 13.8. The van der Waals surface area contributed by atoms with Crippen LogP contribution in [0.2, 0.25) is 0 Å². The fourth-order valence-corrected chi connectivity index (χ4v) is 2.91. The average molecular weight is 267 g/mol. The van der Waals surface area contributed by atoms with Gasteiger partial charge in [0.05, 0.1) is 0 Å². The summed E-state index contributed by atoms with van der Waals surface area (Å²) in [4.78, 5) is 5.75. The first-order valence-corrected chi connectivity index (χ1v) is 7.40. The lowest BCUT2D eigenvalue weighted by Gasteiger charge is -2.28. The Morgan fingerprint density at radius 3 is 2.44 bits per heavy atom. The van der Waals surface area contributed by atoms with Crippen LogP contribution in [0.15, 0.2) is 6.20 Å². The molecule has 2 heterocycles. The summed E-state index contributed by atoms with van der Waals surface area (Å²) in [5.74, 6) is 0. The van der Waals surface area contributed by atoms with Crippen molar-refractivity contribution >= 4 is 12.2 Å². The van der Waals surface area contributed by atoms with E-state index in [1.54, 1.807) is 0 Å². The Hall–Kier alpha value is -0.610. The van der Waals surface area contributed by atoms with Gasteiger partial charge in [-0.05, 0) is 38.1 Å². The van der Waals surface area contributed by atoms with E-state index < -0.39 is 0 Å². The number of H-pyrrole nitrogens is 1. The Balaban J connectivity index is 2.04. The third-order valence-electron chi connectivity index (χ3n) is 3.73. The summed E-state index contributed by atoms with van der Waals surface area (Å²) in [6.07, 6.45) is 6.17. The molecule has 4 heteroatoms. The van der Waals surface area contributed by atoms with E-state index in [4.69, 9.17) is 12.2 Å². The molecule has 0 aliphatic carbocycles. The van der Waals surface area contributed by atoms with Crippen molar-refractivity contribution in [3.63, 3.8) is 0 Å². The van der Waals surface area contributed by atoms with Crippen LogP contribution in [-0.4, -0.2) is 34.1 Å². The highest BCUT2D eigenvalue weighted by Gasteiger charge is 2.19. The molecule has 3 nitrogen and oxygen atoms in total. The highest BCUT2D eigenvalue weighted by molar-refractivity contribution is 7.71. The van der Waals surface area contributed by atoms with E-state index in [1.807, 2.05) is 0 Å². The lowest BCUT2D eigenvalue weighted by atomic mass is 9.92. The van der Waals surface area contributed by atoms with Crippen molar-refractivity contribution < 1.29 is 0 Å². The second-order valence-electron chi connectivity index (χ2n) is 6.28. The lowest BCUT2D eigenvalue weighted by Crippen LogP contribution is -2.33. The van der Waals surface area contributed by atoms with Gasteiger partial charge in [-0.25, -0.2) is 0 Å². The first-order valence-electron chi connectivity index (χ1n) is 6.99. The smallest absolute Gasteiger partial charge is 0.177 e. The molecular weight excluding hydrogens is 242 g/mol. The summed E-state index contributed by atoms with van der Waals surface area (Å²) >= 11 is 5.40. The Kier molecular flexibility index (Phi) is 4.28. The molecule has 0 radical (unpaired) electrons. The number of likely N-dealkylation sites (tertiary alicyclic amines) is 1. The predicted molar refractivity (Wildman–Crippen MR) is 78.6 cm³/mol. The topological polar surface area (TPSA) is 24.0 Å². The van der Waals surface area contributed by atoms with Crippen molar-refractivity contribution in [2.24, 2.45) is 0 Å². The molecule has 102 valence electrons. The van der Waals surface area contributed by atoms with Crippen molar-refractivity contribution in [2.45, 2.75) is 52.0 Å². The molecule has 1 aromatic rings. The predicted octanol–water partition coefficient (Wildman–Crippen LogP) is 3.33. The number of nitrogens with zero attached hydrogens (tertiary/aromatic N) is 2. The van der Waals surface area contributed by atoms with Gasteiger partial charge in [0.25, 0.3) is 0 Å². The number of hydrogen-bond acceptors (Lipinski definition) is 2. The Bertz CT molecular complexity index is 433. The summed E-state index contributed by atoms with van der Waals surface area (Å²) in [6.45, 7) is 11.3. The largest absolute Gasteiger partial charge is 0.337 e. The molecule has 1 fully saturated rings. The van der Waals surface area contributed by atoms with Crippen LogP contribution in [-0.2, 0) is 12.0 Å². The zero-order valence-electron chi connectivity index (χ0n) is 11.8. The van der Waals surface area contributed by atoms with Crippen LogP contribution >= 0.6 is 12.2 Å². The SMILES string of the molecule is CC(C)(C)c1c[nH]c(=S)n1CCN1CCCCC1. The van der Waals surface area contributed by atoms with Gasteiger partial charge in [-0.15, -0.1) is 0 Å². The fourth-order valence-electron chi connectivity index (χ4n) is 2.66. The minimum Gasteiger partial charge on any atom is -0.337 e. The molecule has 0 bridgehead atoms. The molecule has 0 aromatic carbocycles. The molecule has 0 saturated carbocycles. The maximum absolute atomic E-state index is 5.40. The van der Waals surface area contributed by atoms with Crippen LogP contribution in [0, 0.1) is 4.77 Å². The molecule has 0 spiro atoms. The minimum atomic E-state index is 0.148. The molecule has 1 aromatic heterocycles. The number of piperidine rings is 1. The number of aromatic nitrogens is 2. The van der Waals surface area contributed by atoms with Gasteiger partial charge in [0.1, 0.15) is 0 Å². The number of hydrogen-bond donors (Lipinski definition) is 1. The monoisotopic (exact) mass is 267 g/mol. The Morgan fingerprint density at radius 2 is 1.83 bits per heavy atom.